The molecule has 118 valence electrons. The molecule has 0 radical (unpaired) electrons. The largest absolute Gasteiger partial charge is 0.368 e. The van der Waals surface area contributed by atoms with Gasteiger partial charge in [-0.05, 0) is 36.6 Å². The van der Waals surface area contributed by atoms with Gasteiger partial charge in [0.25, 0.3) is 0 Å². The quantitative estimate of drug-likeness (QED) is 0.785. The third kappa shape index (κ3) is 2.80. The van der Waals surface area contributed by atoms with Crippen molar-refractivity contribution in [3.63, 3.8) is 0 Å². The van der Waals surface area contributed by atoms with Gasteiger partial charge < -0.3 is 5.73 Å². The van der Waals surface area contributed by atoms with Gasteiger partial charge in [-0.15, -0.1) is 11.3 Å². The van der Waals surface area contributed by atoms with Gasteiger partial charge in [0.05, 0.1) is 21.4 Å². The molecule has 3 aromatic rings. The zero-order valence-corrected chi connectivity index (χ0v) is 13.9. The lowest BCUT2D eigenvalue weighted by molar-refractivity contribution is 0.221. The van der Waals surface area contributed by atoms with Crippen molar-refractivity contribution in [3.05, 3.63) is 46.7 Å². The molecule has 1 aliphatic rings. The van der Waals surface area contributed by atoms with Crippen LogP contribution in [-0.4, -0.2) is 32.9 Å². The van der Waals surface area contributed by atoms with Gasteiger partial charge in [-0.3, -0.25) is 4.90 Å². The Morgan fingerprint density at radius 2 is 2.09 bits per heavy atom. The van der Waals surface area contributed by atoms with Crippen LogP contribution < -0.4 is 5.73 Å². The van der Waals surface area contributed by atoms with Gasteiger partial charge >= 0.3 is 0 Å². The number of fused-ring (bicyclic) bond motifs is 2. The maximum atomic E-state index is 5.72. The molecule has 0 fully saturated rings. The second-order valence-corrected chi connectivity index (χ2v) is 6.88. The smallest absolute Gasteiger partial charge is 0.220 e. The predicted octanol–water partition coefficient (Wildman–Crippen LogP) is 2.83. The molecule has 1 aromatic carbocycles. The molecule has 1 aliphatic heterocycles. The van der Waals surface area contributed by atoms with Crippen LogP contribution in [0.4, 0.5) is 5.95 Å². The van der Waals surface area contributed by atoms with Crippen molar-refractivity contribution in [1.82, 2.24) is 19.9 Å². The Balaban J connectivity index is 1.56. The number of rotatable bonds is 2. The first-order chi connectivity index (χ1) is 11.2. The summed E-state index contributed by atoms with van der Waals surface area (Å²) in [6, 6.07) is 6.98. The van der Waals surface area contributed by atoms with Crippen molar-refractivity contribution in [3.8, 4) is 0 Å². The highest BCUT2D eigenvalue weighted by Gasteiger charge is 2.21. The molecule has 6 heteroatoms. The number of nitrogen functional groups attached to an aromatic ring is 1. The Kier molecular flexibility index (Phi) is 3.71. The fraction of sp³-hybridized carbons (Fsp3) is 0.353. The van der Waals surface area contributed by atoms with Crippen molar-refractivity contribution < 1.29 is 0 Å². The Bertz CT molecular complexity index is 844. The second-order valence-electron chi connectivity index (χ2n) is 5.99. The van der Waals surface area contributed by atoms with E-state index in [2.05, 4.69) is 45.0 Å². The van der Waals surface area contributed by atoms with E-state index in [0.29, 0.717) is 12.0 Å². The molecule has 1 atom stereocenters. The van der Waals surface area contributed by atoms with Gasteiger partial charge in [0.1, 0.15) is 0 Å². The molecule has 3 heterocycles. The summed E-state index contributed by atoms with van der Waals surface area (Å²) in [4.78, 5) is 15.5. The van der Waals surface area contributed by atoms with Crippen LogP contribution in [0.1, 0.15) is 29.8 Å². The number of hydrogen-bond donors (Lipinski definition) is 1. The summed E-state index contributed by atoms with van der Waals surface area (Å²) in [6.07, 6.45) is 3.78. The fourth-order valence-corrected chi connectivity index (χ4v) is 3.90. The lowest BCUT2D eigenvalue weighted by Gasteiger charge is -2.27. The van der Waals surface area contributed by atoms with Crippen LogP contribution in [0, 0.1) is 0 Å². The first-order valence-corrected chi connectivity index (χ1v) is 8.76. The first kappa shape index (κ1) is 14.5. The third-order valence-corrected chi connectivity index (χ3v) is 5.47. The summed E-state index contributed by atoms with van der Waals surface area (Å²) >= 11 is 1.69. The number of benzene rings is 1. The minimum Gasteiger partial charge on any atom is -0.368 e. The zero-order chi connectivity index (χ0) is 15.8. The van der Waals surface area contributed by atoms with Gasteiger partial charge in [0.15, 0.2) is 0 Å². The normalized spacial score (nSPS) is 16.9. The fourth-order valence-electron chi connectivity index (χ4n) is 3.24. The molecule has 5 nitrogen and oxygen atoms in total. The molecule has 23 heavy (non-hydrogen) atoms. The minimum absolute atomic E-state index is 0.362. The highest BCUT2D eigenvalue weighted by Crippen LogP contribution is 2.27. The monoisotopic (exact) mass is 325 g/mol. The zero-order valence-electron chi connectivity index (χ0n) is 13.1. The van der Waals surface area contributed by atoms with Crippen LogP contribution in [0.15, 0.2) is 29.9 Å². The SMILES string of the molecule is C[C@H](c1ccc2scnc2c1)N1CCc2cnc(N)nc2CC1. The van der Waals surface area contributed by atoms with Crippen LogP contribution in [0.25, 0.3) is 10.2 Å². The Hall–Kier alpha value is -2.05. The minimum atomic E-state index is 0.362. The highest BCUT2D eigenvalue weighted by molar-refractivity contribution is 7.16. The number of nitrogens with zero attached hydrogens (tertiary/aromatic N) is 4. The Morgan fingerprint density at radius 3 is 3.00 bits per heavy atom. The van der Waals surface area contributed by atoms with Crippen LogP contribution >= 0.6 is 11.3 Å². The van der Waals surface area contributed by atoms with E-state index in [1.807, 2.05) is 11.7 Å². The van der Waals surface area contributed by atoms with E-state index in [1.54, 1.807) is 11.3 Å². The maximum absolute atomic E-state index is 5.72. The van der Waals surface area contributed by atoms with E-state index in [4.69, 9.17) is 5.73 Å². The molecule has 0 aliphatic carbocycles. The topological polar surface area (TPSA) is 67.9 Å². The van der Waals surface area contributed by atoms with Crippen molar-refractivity contribution >= 4 is 27.5 Å². The summed E-state index contributed by atoms with van der Waals surface area (Å²) in [5.41, 5.74) is 12.4. The molecule has 0 amide bonds. The molecule has 0 saturated heterocycles. The Morgan fingerprint density at radius 1 is 1.22 bits per heavy atom. The van der Waals surface area contributed by atoms with Crippen LogP contribution in [0.2, 0.25) is 0 Å². The summed E-state index contributed by atoms with van der Waals surface area (Å²) < 4.78 is 1.25. The number of hydrogen-bond acceptors (Lipinski definition) is 6. The van der Waals surface area contributed by atoms with Crippen molar-refractivity contribution in [1.29, 1.82) is 0 Å². The lowest BCUT2D eigenvalue weighted by atomic mass is 10.1. The van der Waals surface area contributed by atoms with Gasteiger partial charge in [-0.25, -0.2) is 15.0 Å². The Labute approximate surface area is 139 Å². The van der Waals surface area contributed by atoms with Crippen molar-refractivity contribution in [2.75, 3.05) is 18.8 Å². The molecule has 0 spiro atoms. The molecular weight excluding hydrogens is 306 g/mol. The van der Waals surface area contributed by atoms with Crippen molar-refractivity contribution in [2.24, 2.45) is 0 Å². The first-order valence-electron chi connectivity index (χ1n) is 7.88. The maximum Gasteiger partial charge on any atom is 0.220 e. The van der Waals surface area contributed by atoms with Crippen LogP contribution in [0.3, 0.4) is 0 Å². The summed E-state index contributed by atoms with van der Waals surface area (Å²) in [6.45, 7) is 4.26. The molecule has 2 N–H and O–H groups in total. The van der Waals surface area contributed by atoms with Crippen LogP contribution in [0.5, 0.6) is 0 Å². The molecular formula is C17H19N5S. The second kappa shape index (κ2) is 5.86. The molecule has 0 saturated carbocycles. The molecule has 4 rings (SSSR count). The summed E-state index contributed by atoms with van der Waals surface area (Å²) in [5, 5.41) is 0. The number of aromatic nitrogens is 3. The predicted molar refractivity (Wildman–Crippen MR) is 93.5 cm³/mol. The average molecular weight is 325 g/mol. The van der Waals surface area contributed by atoms with Gasteiger partial charge in [-0.2, -0.15) is 0 Å². The summed E-state index contributed by atoms with van der Waals surface area (Å²) in [5.74, 6) is 0.374. The molecule has 0 bridgehead atoms. The van der Waals surface area contributed by atoms with E-state index in [9.17, 15) is 0 Å². The van der Waals surface area contributed by atoms with Crippen LogP contribution in [-0.2, 0) is 12.8 Å². The molecule has 2 aromatic heterocycles. The van der Waals surface area contributed by atoms with Gasteiger partial charge in [0.2, 0.25) is 5.95 Å². The molecule has 0 unspecified atom stereocenters. The number of thiazole rings is 1. The van der Waals surface area contributed by atoms with Gasteiger partial charge in [0, 0.05) is 31.7 Å². The van der Waals surface area contributed by atoms with Crippen molar-refractivity contribution in [2.45, 2.75) is 25.8 Å². The number of anilines is 1. The van der Waals surface area contributed by atoms with E-state index in [-0.39, 0.29) is 0 Å². The van der Waals surface area contributed by atoms with E-state index in [1.165, 1.54) is 15.8 Å². The lowest BCUT2D eigenvalue weighted by Crippen LogP contribution is -2.29. The standard InChI is InChI=1S/C17H19N5S/c1-11(12-2-3-16-15(8-12)20-10-23-16)22-6-4-13-9-19-17(18)21-14(13)5-7-22/h2-3,8-11H,4-7H2,1H3,(H2,18,19,21)/t11-/m1/s1. The third-order valence-electron chi connectivity index (χ3n) is 4.66. The highest BCUT2D eigenvalue weighted by atomic mass is 32.1. The summed E-state index contributed by atoms with van der Waals surface area (Å²) in [7, 11) is 0. The average Bonchev–Trinajstić information content (AvgIpc) is 2.93. The van der Waals surface area contributed by atoms with E-state index >= 15 is 0 Å². The van der Waals surface area contributed by atoms with E-state index in [0.717, 1.165) is 37.1 Å². The number of nitrogens with two attached hydrogens (primary N) is 1. The van der Waals surface area contributed by atoms with Gasteiger partial charge in [-0.1, -0.05) is 6.07 Å². The van der Waals surface area contributed by atoms with E-state index < -0.39 is 0 Å².